The molecule has 106 valence electrons. The maximum absolute atomic E-state index is 12.0. The lowest BCUT2D eigenvalue weighted by atomic mass is 10.0. The highest BCUT2D eigenvalue weighted by atomic mass is 16.5. The van der Waals surface area contributed by atoms with Crippen LogP contribution in [0.15, 0.2) is 24.3 Å². The molecule has 0 aliphatic carbocycles. The lowest BCUT2D eigenvalue weighted by molar-refractivity contribution is 0.0375. The van der Waals surface area contributed by atoms with Crippen molar-refractivity contribution in [3.05, 3.63) is 29.8 Å². The second-order valence-electron chi connectivity index (χ2n) is 4.17. The SMILES string of the molecule is CCOc1cccc(C(=O)NC(CO)(CO)CO)c1. The third kappa shape index (κ3) is 3.92. The normalized spacial score (nSPS) is 11.2. The van der Waals surface area contributed by atoms with Crippen LogP contribution in [0.4, 0.5) is 0 Å². The molecule has 19 heavy (non-hydrogen) atoms. The number of rotatable bonds is 7. The monoisotopic (exact) mass is 269 g/mol. The Balaban J connectivity index is 2.85. The Bertz CT molecular complexity index is 409. The Hall–Kier alpha value is -1.63. The zero-order valence-corrected chi connectivity index (χ0v) is 10.8. The summed E-state index contributed by atoms with van der Waals surface area (Å²) in [6, 6.07) is 6.51. The van der Waals surface area contributed by atoms with Crippen molar-refractivity contribution >= 4 is 5.91 Å². The Labute approximate surface area is 111 Å². The maximum atomic E-state index is 12.0. The second-order valence-corrected chi connectivity index (χ2v) is 4.17. The van der Waals surface area contributed by atoms with Gasteiger partial charge in [0.2, 0.25) is 0 Å². The van der Waals surface area contributed by atoms with E-state index in [4.69, 9.17) is 20.1 Å². The largest absolute Gasteiger partial charge is 0.494 e. The topological polar surface area (TPSA) is 99.0 Å². The van der Waals surface area contributed by atoms with Gasteiger partial charge in [-0.25, -0.2) is 0 Å². The van der Waals surface area contributed by atoms with E-state index in [0.29, 0.717) is 17.9 Å². The van der Waals surface area contributed by atoms with E-state index in [-0.39, 0.29) is 0 Å². The molecule has 0 radical (unpaired) electrons. The highest BCUT2D eigenvalue weighted by molar-refractivity contribution is 5.95. The van der Waals surface area contributed by atoms with E-state index >= 15 is 0 Å². The molecular formula is C13H19NO5. The van der Waals surface area contributed by atoms with Gasteiger partial charge in [0.25, 0.3) is 5.91 Å². The number of carbonyl (C=O) groups is 1. The number of ether oxygens (including phenoxy) is 1. The third-order valence-corrected chi connectivity index (χ3v) is 2.69. The van der Waals surface area contributed by atoms with Gasteiger partial charge in [0.1, 0.15) is 11.3 Å². The molecule has 0 spiro atoms. The van der Waals surface area contributed by atoms with Crippen molar-refractivity contribution < 1.29 is 24.9 Å². The molecule has 0 aliphatic rings. The molecule has 1 aromatic rings. The van der Waals surface area contributed by atoms with Crippen molar-refractivity contribution in [2.75, 3.05) is 26.4 Å². The molecule has 0 fully saturated rings. The highest BCUT2D eigenvalue weighted by Gasteiger charge is 2.30. The first-order valence-electron chi connectivity index (χ1n) is 5.98. The molecule has 0 atom stereocenters. The van der Waals surface area contributed by atoms with Crippen LogP contribution in [0, 0.1) is 0 Å². The molecule has 1 amide bonds. The standard InChI is InChI=1S/C13H19NO5/c1-2-19-11-5-3-4-10(6-11)12(18)14-13(7-15,8-16)9-17/h3-6,15-17H,2,7-9H2,1H3,(H,14,18). The summed E-state index contributed by atoms with van der Waals surface area (Å²) < 4.78 is 5.28. The third-order valence-electron chi connectivity index (χ3n) is 2.69. The molecule has 1 rings (SSSR count). The van der Waals surface area contributed by atoms with Crippen molar-refractivity contribution in [3.8, 4) is 5.75 Å². The fourth-order valence-corrected chi connectivity index (χ4v) is 1.48. The van der Waals surface area contributed by atoms with E-state index in [1.54, 1.807) is 24.3 Å². The minimum absolute atomic E-state index is 0.325. The molecule has 6 heteroatoms. The smallest absolute Gasteiger partial charge is 0.252 e. The molecule has 0 aliphatic heterocycles. The van der Waals surface area contributed by atoms with E-state index in [0.717, 1.165) is 0 Å². The van der Waals surface area contributed by atoms with E-state index in [1.165, 1.54) is 0 Å². The Kier molecular flexibility index (Phi) is 5.75. The van der Waals surface area contributed by atoms with Crippen molar-refractivity contribution in [1.82, 2.24) is 5.32 Å². The van der Waals surface area contributed by atoms with Crippen molar-refractivity contribution in [3.63, 3.8) is 0 Å². The van der Waals surface area contributed by atoms with E-state index in [2.05, 4.69) is 5.32 Å². The van der Waals surface area contributed by atoms with Crippen LogP contribution in [-0.2, 0) is 0 Å². The van der Waals surface area contributed by atoms with E-state index in [1.807, 2.05) is 6.92 Å². The van der Waals surface area contributed by atoms with Gasteiger partial charge in [-0.1, -0.05) is 6.07 Å². The molecule has 0 heterocycles. The number of aliphatic hydroxyl groups is 3. The zero-order chi connectivity index (χ0) is 14.3. The quantitative estimate of drug-likeness (QED) is 0.536. The van der Waals surface area contributed by atoms with Gasteiger partial charge in [0.05, 0.1) is 26.4 Å². The number of aliphatic hydroxyl groups excluding tert-OH is 3. The van der Waals surface area contributed by atoms with Gasteiger partial charge in [-0.2, -0.15) is 0 Å². The van der Waals surface area contributed by atoms with Crippen LogP contribution < -0.4 is 10.1 Å². The fraction of sp³-hybridized carbons (Fsp3) is 0.462. The predicted molar refractivity (Wildman–Crippen MR) is 69.1 cm³/mol. The van der Waals surface area contributed by atoms with Gasteiger partial charge in [-0.05, 0) is 25.1 Å². The molecule has 0 aromatic heterocycles. The number of carbonyl (C=O) groups excluding carboxylic acids is 1. The lowest BCUT2D eigenvalue weighted by Gasteiger charge is -2.28. The number of hydrogen-bond acceptors (Lipinski definition) is 5. The minimum atomic E-state index is -1.43. The molecule has 0 unspecified atom stereocenters. The molecule has 6 nitrogen and oxygen atoms in total. The minimum Gasteiger partial charge on any atom is -0.494 e. The van der Waals surface area contributed by atoms with Crippen LogP contribution in [0.1, 0.15) is 17.3 Å². The zero-order valence-electron chi connectivity index (χ0n) is 10.8. The van der Waals surface area contributed by atoms with Gasteiger partial charge >= 0.3 is 0 Å². The van der Waals surface area contributed by atoms with Crippen LogP contribution in [0.2, 0.25) is 0 Å². The van der Waals surface area contributed by atoms with Crippen LogP contribution >= 0.6 is 0 Å². The summed E-state index contributed by atoms with van der Waals surface area (Å²) in [4.78, 5) is 12.0. The van der Waals surface area contributed by atoms with Crippen LogP contribution in [0.3, 0.4) is 0 Å². The van der Waals surface area contributed by atoms with Crippen LogP contribution in [0.5, 0.6) is 5.75 Å². The average Bonchev–Trinajstić information content (AvgIpc) is 2.45. The first-order valence-corrected chi connectivity index (χ1v) is 5.98. The van der Waals surface area contributed by atoms with Crippen molar-refractivity contribution in [1.29, 1.82) is 0 Å². The first kappa shape index (κ1) is 15.4. The van der Waals surface area contributed by atoms with Gasteiger partial charge in [0.15, 0.2) is 0 Å². The number of hydrogen-bond donors (Lipinski definition) is 4. The summed E-state index contributed by atoms with van der Waals surface area (Å²) in [5.74, 6) is 0.0523. The van der Waals surface area contributed by atoms with Crippen LogP contribution in [-0.4, -0.2) is 53.2 Å². The molecule has 0 saturated heterocycles. The summed E-state index contributed by atoms with van der Waals surface area (Å²) in [6.07, 6.45) is 0. The first-order chi connectivity index (χ1) is 9.10. The Morgan fingerprint density at radius 3 is 2.42 bits per heavy atom. The summed E-state index contributed by atoms with van der Waals surface area (Å²) in [6.45, 7) is 0.644. The number of benzene rings is 1. The van der Waals surface area contributed by atoms with Crippen molar-refractivity contribution in [2.45, 2.75) is 12.5 Å². The summed E-state index contributed by atoms with van der Waals surface area (Å²) in [5.41, 5.74) is -1.11. The number of nitrogens with one attached hydrogen (secondary N) is 1. The lowest BCUT2D eigenvalue weighted by Crippen LogP contribution is -2.57. The Morgan fingerprint density at radius 2 is 1.89 bits per heavy atom. The molecular weight excluding hydrogens is 250 g/mol. The Morgan fingerprint density at radius 1 is 1.26 bits per heavy atom. The maximum Gasteiger partial charge on any atom is 0.252 e. The van der Waals surface area contributed by atoms with E-state index < -0.39 is 31.3 Å². The van der Waals surface area contributed by atoms with Gasteiger partial charge in [0, 0.05) is 5.56 Å². The van der Waals surface area contributed by atoms with Gasteiger partial charge < -0.3 is 25.4 Å². The van der Waals surface area contributed by atoms with Gasteiger partial charge in [-0.3, -0.25) is 4.79 Å². The molecule has 0 saturated carbocycles. The molecule has 0 bridgehead atoms. The van der Waals surface area contributed by atoms with Crippen molar-refractivity contribution in [2.24, 2.45) is 0 Å². The molecule has 4 N–H and O–H groups in total. The summed E-state index contributed by atoms with van der Waals surface area (Å²) >= 11 is 0. The average molecular weight is 269 g/mol. The fourth-order valence-electron chi connectivity index (χ4n) is 1.48. The molecule has 1 aromatic carbocycles. The van der Waals surface area contributed by atoms with Crippen LogP contribution in [0.25, 0.3) is 0 Å². The highest BCUT2D eigenvalue weighted by Crippen LogP contribution is 2.14. The predicted octanol–water partition coefficient (Wildman–Crippen LogP) is -0.469. The summed E-state index contributed by atoms with van der Waals surface area (Å²) in [5, 5.41) is 29.9. The number of amides is 1. The van der Waals surface area contributed by atoms with E-state index in [9.17, 15) is 4.79 Å². The van der Waals surface area contributed by atoms with Gasteiger partial charge in [-0.15, -0.1) is 0 Å². The second kappa shape index (κ2) is 7.08. The summed E-state index contributed by atoms with van der Waals surface area (Å²) in [7, 11) is 0.